The van der Waals surface area contributed by atoms with Gasteiger partial charge in [-0.25, -0.2) is 4.79 Å². The van der Waals surface area contributed by atoms with Crippen molar-refractivity contribution < 1.29 is 9.53 Å². The average molecular weight is 262 g/mol. The van der Waals surface area contributed by atoms with E-state index in [0.717, 1.165) is 25.7 Å². The first-order valence-corrected chi connectivity index (χ1v) is 7.84. The molecule has 0 amide bonds. The van der Waals surface area contributed by atoms with Crippen molar-refractivity contribution in [1.29, 1.82) is 0 Å². The van der Waals surface area contributed by atoms with Crippen LogP contribution in [0.5, 0.6) is 0 Å². The maximum atomic E-state index is 11.6. The van der Waals surface area contributed by atoms with Crippen LogP contribution in [-0.4, -0.2) is 12.1 Å². The topological polar surface area (TPSA) is 26.3 Å². The summed E-state index contributed by atoms with van der Waals surface area (Å²) in [4.78, 5) is 11.6. The number of fused-ring (bicyclic) bond motifs is 1. The first-order chi connectivity index (χ1) is 9.29. The number of allylic oxidation sites excluding steroid dienone is 2. The largest absolute Gasteiger partial charge is 0.458 e. The number of carbonyl (C=O) groups excluding carboxylic acids is 1. The second-order valence-electron chi connectivity index (χ2n) is 5.82. The molecule has 0 unspecified atom stereocenters. The number of ether oxygens (including phenoxy) is 1. The van der Waals surface area contributed by atoms with E-state index in [1.807, 2.05) is 0 Å². The van der Waals surface area contributed by atoms with Gasteiger partial charge in [0.05, 0.1) is 0 Å². The van der Waals surface area contributed by atoms with Gasteiger partial charge in [0.2, 0.25) is 0 Å². The van der Waals surface area contributed by atoms with E-state index in [4.69, 9.17) is 4.74 Å². The summed E-state index contributed by atoms with van der Waals surface area (Å²) in [5.41, 5.74) is 0.715. The zero-order valence-electron chi connectivity index (χ0n) is 11.9. The van der Waals surface area contributed by atoms with Crippen LogP contribution in [-0.2, 0) is 9.53 Å². The van der Waals surface area contributed by atoms with Crippen molar-refractivity contribution in [3.63, 3.8) is 0 Å². The third kappa shape index (κ3) is 4.22. The van der Waals surface area contributed by atoms with Crippen molar-refractivity contribution in [3.05, 3.63) is 24.3 Å². The van der Waals surface area contributed by atoms with Gasteiger partial charge in [0, 0.05) is 11.5 Å². The summed E-state index contributed by atoms with van der Waals surface area (Å²) in [6.45, 7) is 3.93. The molecule has 0 radical (unpaired) electrons. The van der Waals surface area contributed by atoms with Crippen LogP contribution >= 0.6 is 0 Å². The lowest BCUT2D eigenvalue weighted by molar-refractivity contribution is -0.139. The Bertz CT molecular complexity index is 343. The fraction of sp³-hybridized carbons (Fsp3) is 0.706. The van der Waals surface area contributed by atoms with Crippen molar-refractivity contribution in [2.45, 2.75) is 70.3 Å². The third-order valence-electron chi connectivity index (χ3n) is 4.33. The molecule has 1 aliphatic heterocycles. The van der Waals surface area contributed by atoms with Crippen LogP contribution in [0.2, 0.25) is 0 Å². The normalized spacial score (nSPS) is 32.2. The van der Waals surface area contributed by atoms with Crippen LogP contribution in [0.4, 0.5) is 0 Å². The molecule has 0 spiro atoms. The van der Waals surface area contributed by atoms with Crippen molar-refractivity contribution >= 4 is 5.97 Å². The Morgan fingerprint density at radius 2 is 1.63 bits per heavy atom. The molecule has 2 atom stereocenters. The van der Waals surface area contributed by atoms with Crippen molar-refractivity contribution in [2.75, 3.05) is 0 Å². The van der Waals surface area contributed by atoms with Gasteiger partial charge in [-0.15, -0.1) is 0 Å². The molecule has 19 heavy (non-hydrogen) atoms. The monoisotopic (exact) mass is 262 g/mol. The minimum absolute atomic E-state index is 0.0938. The van der Waals surface area contributed by atoms with E-state index in [0.29, 0.717) is 5.57 Å². The fourth-order valence-electron chi connectivity index (χ4n) is 3.12. The van der Waals surface area contributed by atoms with Gasteiger partial charge in [-0.1, -0.05) is 44.4 Å². The van der Waals surface area contributed by atoms with Gasteiger partial charge < -0.3 is 4.74 Å². The maximum Gasteiger partial charge on any atom is 0.334 e. The number of esters is 1. The highest BCUT2D eigenvalue weighted by Crippen LogP contribution is 2.34. The third-order valence-corrected chi connectivity index (χ3v) is 4.33. The number of hydrogen-bond donors (Lipinski definition) is 0. The Hall–Kier alpha value is -1.05. The summed E-state index contributed by atoms with van der Waals surface area (Å²) >= 11 is 0. The van der Waals surface area contributed by atoms with E-state index in [2.05, 4.69) is 18.7 Å². The summed E-state index contributed by atoms with van der Waals surface area (Å²) in [6.07, 6.45) is 16.6. The molecule has 0 bridgehead atoms. The molecule has 1 heterocycles. The summed E-state index contributed by atoms with van der Waals surface area (Å²) in [5, 5.41) is 0. The van der Waals surface area contributed by atoms with E-state index in [1.165, 1.54) is 38.5 Å². The second kappa shape index (κ2) is 7.52. The van der Waals surface area contributed by atoms with Crippen molar-refractivity contribution in [2.24, 2.45) is 5.92 Å². The Morgan fingerprint density at radius 1 is 0.947 bits per heavy atom. The number of carbonyl (C=O) groups is 1. The standard InChI is InChI=1S/C17H26O2/c1-14-15-12-10-8-6-4-2-3-5-7-9-11-13-16(15)19-17(14)18/h5,7,15-16H,1-4,6,8-13H2/b7-5+/t15-,16+/m1/s1. The lowest BCUT2D eigenvalue weighted by atomic mass is 9.88. The molecule has 1 aliphatic carbocycles. The summed E-state index contributed by atoms with van der Waals surface area (Å²) in [5.74, 6) is 0.120. The van der Waals surface area contributed by atoms with Gasteiger partial charge in [0.25, 0.3) is 0 Å². The molecule has 1 saturated heterocycles. The molecule has 2 rings (SSSR count). The first-order valence-electron chi connectivity index (χ1n) is 7.84. The molecular weight excluding hydrogens is 236 g/mol. The SMILES string of the molecule is C=C1C(=O)O[C@H]2CCC/C=C/CCCCCCC[C@H]12. The molecule has 2 nitrogen and oxygen atoms in total. The zero-order valence-corrected chi connectivity index (χ0v) is 11.9. The molecular formula is C17H26O2. The van der Waals surface area contributed by atoms with Gasteiger partial charge in [0.15, 0.2) is 0 Å². The Labute approximate surface area is 116 Å². The van der Waals surface area contributed by atoms with Gasteiger partial charge in [-0.05, 0) is 38.5 Å². The highest BCUT2D eigenvalue weighted by Gasteiger charge is 2.37. The molecule has 0 aromatic heterocycles. The minimum atomic E-state index is -0.158. The zero-order chi connectivity index (χ0) is 13.5. The maximum absolute atomic E-state index is 11.6. The fourth-order valence-corrected chi connectivity index (χ4v) is 3.12. The molecule has 1 fully saturated rings. The van der Waals surface area contributed by atoms with E-state index in [9.17, 15) is 4.79 Å². The summed E-state index contributed by atoms with van der Waals surface area (Å²) in [7, 11) is 0. The van der Waals surface area contributed by atoms with Crippen LogP contribution < -0.4 is 0 Å². The smallest absolute Gasteiger partial charge is 0.334 e. The molecule has 2 heteroatoms. The Morgan fingerprint density at radius 3 is 2.47 bits per heavy atom. The summed E-state index contributed by atoms with van der Waals surface area (Å²) < 4.78 is 5.47. The quantitative estimate of drug-likeness (QED) is 0.363. The number of rotatable bonds is 0. The van der Waals surface area contributed by atoms with Crippen molar-refractivity contribution in [3.8, 4) is 0 Å². The Kier molecular flexibility index (Phi) is 5.68. The predicted molar refractivity (Wildman–Crippen MR) is 77.8 cm³/mol. The van der Waals surface area contributed by atoms with Crippen LogP contribution in [0.25, 0.3) is 0 Å². The molecule has 0 N–H and O–H groups in total. The van der Waals surface area contributed by atoms with Crippen LogP contribution in [0.3, 0.4) is 0 Å². The van der Waals surface area contributed by atoms with Crippen LogP contribution in [0.1, 0.15) is 64.2 Å². The van der Waals surface area contributed by atoms with Gasteiger partial charge >= 0.3 is 5.97 Å². The lowest BCUT2D eigenvalue weighted by Gasteiger charge is -2.17. The second-order valence-corrected chi connectivity index (χ2v) is 5.82. The lowest BCUT2D eigenvalue weighted by Crippen LogP contribution is -2.16. The highest BCUT2D eigenvalue weighted by molar-refractivity contribution is 5.90. The molecule has 106 valence electrons. The number of hydrogen-bond acceptors (Lipinski definition) is 2. The first kappa shape index (κ1) is 14.4. The van der Waals surface area contributed by atoms with E-state index >= 15 is 0 Å². The van der Waals surface area contributed by atoms with E-state index in [1.54, 1.807) is 0 Å². The van der Waals surface area contributed by atoms with Gasteiger partial charge in [-0.2, -0.15) is 0 Å². The molecule has 0 aromatic carbocycles. The predicted octanol–water partition coefficient (Wildman–Crippen LogP) is 4.56. The van der Waals surface area contributed by atoms with E-state index < -0.39 is 0 Å². The molecule has 2 aliphatic rings. The van der Waals surface area contributed by atoms with Crippen LogP contribution in [0, 0.1) is 5.92 Å². The minimum Gasteiger partial charge on any atom is -0.458 e. The van der Waals surface area contributed by atoms with E-state index in [-0.39, 0.29) is 18.0 Å². The molecule has 0 aromatic rings. The van der Waals surface area contributed by atoms with Crippen molar-refractivity contribution in [1.82, 2.24) is 0 Å². The van der Waals surface area contributed by atoms with Crippen LogP contribution in [0.15, 0.2) is 24.3 Å². The van der Waals surface area contributed by atoms with Gasteiger partial charge in [-0.3, -0.25) is 0 Å². The van der Waals surface area contributed by atoms with Gasteiger partial charge in [0.1, 0.15) is 6.10 Å². The Balaban J connectivity index is 1.92. The highest BCUT2D eigenvalue weighted by atomic mass is 16.6. The summed E-state index contributed by atoms with van der Waals surface area (Å²) in [6, 6.07) is 0. The average Bonchev–Trinajstić information content (AvgIpc) is 2.67. The molecule has 0 saturated carbocycles.